The minimum absolute atomic E-state index is 0.132. The molecule has 0 bridgehead atoms. The van der Waals surface area contributed by atoms with Crippen LogP contribution in [0.5, 0.6) is 23.0 Å². The highest BCUT2D eigenvalue weighted by molar-refractivity contribution is 8.19. The van der Waals surface area contributed by atoms with Gasteiger partial charge >= 0.3 is 0 Å². The molecule has 1 atom stereocenters. The molecule has 0 radical (unpaired) electrons. The number of methoxy groups -OCH3 is 2. The van der Waals surface area contributed by atoms with Gasteiger partial charge in [0, 0.05) is 5.56 Å². The van der Waals surface area contributed by atoms with Crippen molar-refractivity contribution in [1.82, 2.24) is 10.2 Å². The SMILES string of the molecule is CCOc1cc(/C=C2\SC(=N)[C@H](c3nnc(CC)s3)C2=O)ccc1OCc1cc(OC)ccc1OC. The van der Waals surface area contributed by atoms with Gasteiger partial charge in [0.2, 0.25) is 0 Å². The van der Waals surface area contributed by atoms with Gasteiger partial charge in [-0.15, -0.1) is 21.5 Å². The molecular formula is C26H27N3O5S2. The van der Waals surface area contributed by atoms with Crippen LogP contribution < -0.4 is 18.9 Å². The molecule has 8 nitrogen and oxygen atoms in total. The van der Waals surface area contributed by atoms with Crippen LogP contribution in [0.3, 0.4) is 0 Å². The summed E-state index contributed by atoms with van der Waals surface area (Å²) in [6, 6.07) is 11.0. The Labute approximate surface area is 218 Å². The van der Waals surface area contributed by atoms with Crippen LogP contribution in [0.1, 0.15) is 40.9 Å². The second-order valence-corrected chi connectivity index (χ2v) is 9.94. The molecule has 1 aliphatic heterocycles. The predicted octanol–water partition coefficient (Wildman–Crippen LogP) is 5.51. The zero-order chi connectivity index (χ0) is 25.7. The number of hydrogen-bond acceptors (Lipinski definition) is 10. The fraction of sp³-hybridized carbons (Fsp3) is 0.308. The first-order valence-corrected chi connectivity index (χ1v) is 13.1. The van der Waals surface area contributed by atoms with Gasteiger partial charge in [0.25, 0.3) is 0 Å². The second-order valence-electron chi connectivity index (χ2n) is 7.77. The number of nitrogens with one attached hydrogen (secondary N) is 1. The second kappa shape index (κ2) is 11.6. The minimum Gasteiger partial charge on any atom is -0.497 e. The third kappa shape index (κ3) is 5.55. The van der Waals surface area contributed by atoms with E-state index in [4.69, 9.17) is 24.4 Å². The summed E-state index contributed by atoms with van der Waals surface area (Å²) in [5, 5.41) is 18.3. The lowest BCUT2D eigenvalue weighted by Gasteiger charge is -2.15. The quantitative estimate of drug-likeness (QED) is 0.346. The maximum atomic E-state index is 13.1. The number of benzene rings is 2. The number of aromatic nitrogens is 2. The minimum atomic E-state index is -0.675. The van der Waals surface area contributed by atoms with E-state index in [1.807, 2.05) is 50.2 Å². The van der Waals surface area contributed by atoms with E-state index in [1.165, 1.54) is 11.3 Å². The molecule has 1 aliphatic rings. The Kier molecular flexibility index (Phi) is 8.27. The van der Waals surface area contributed by atoms with Gasteiger partial charge < -0.3 is 18.9 Å². The van der Waals surface area contributed by atoms with Crippen LogP contribution in [0.4, 0.5) is 0 Å². The summed E-state index contributed by atoms with van der Waals surface area (Å²) in [5.41, 5.74) is 1.62. The first-order chi connectivity index (χ1) is 17.5. The van der Waals surface area contributed by atoms with Gasteiger partial charge in [0.1, 0.15) is 34.0 Å². The molecule has 10 heteroatoms. The van der Waals surface area contributed by atoms with E-state index >= 15 is 0 Å². The van der Waals surface area contributed by atoms with Crippen molar-refractivity contribution in [2.24, 2.45) is 0 Å². The first kappa shape index (κ1) is 25.7. The topological polar surface area (TPSA) is 104 Å². The van der Waals surface area contributed by atoms with E-state index in [9.17, 15) is 4.79 Å². The van der Waals surface area contributed by atoms with Crippen molar-refractivity contribution in [2.75, 3.05) is 20.8 Å². The highest BCUT2D eigenvalue weighted by atomic mass is 32.2. The van der Waals surface area contributed by atoms with Gasteiger partial charge in [-0.1, -0.05) is 24.8 Å². The largest absolute Gasteiger partial charge is 0.497 e. The Morgan fingerprint density at radius 1 is 1.00 bits per heavy atom. The van der Waals surface area contributed by atoms with E-state index in [0.29, 0.717) is 39.5 Å². The van der Waals surface area contributed by atoms with Gasteiger partial charge in [-0.2, -0.15) is 0 Å². The van der Waals surface area contributed by atoms with Crippen LogP contribution >= 0.6 is 23.1 Å². The standard InChI is InChI=1S/C26H27N3O5S2/c1-5-22-28-29-26(36-22)23-24(30)21(35-25(23)27)12-15-7-9-19(20(11-15)33-6-2)34-14-16-13-17(31-3)8-10-18(16)32-4/h7-13,23,27H,5-6,14H2,1-4H3/b21-12-,27-25?/t23-/m1/s1. The average Bonchev–Trinajstić information content (AvgIpc) is 3.46. The number of aryl methyl sites for hydroxylation is 1. The lowest BCUT2D eigenvalue weighted by atomic mass is 10.0. The Balaban J connectivity index is 1.55. The number of ether oxygens (including phenoxy) is 4. The van der Waals surface area contributed by atoms with Gasteiger partial charge in [-0.25, -0.2) is 0 Å². The monoisotopic (exact) mass is 525 g/mol. The first-order valence-electron chi connectivity index (χ1n) is 11.4. The van der Waals surface area contributed by atoms with E-state index in [1.54, 1.807) is 20.3 Å². The van der Waals surface area contributed by atoms with Crippen LogP contribution in [0.25, 0.3) is 6.08 Å². The highest BCUT2D eigenvalue weighted by Gasteiger charge is 2.39. The maximum absolute atomic E-state index is 13.1. The number of allylic oxidation sites excluding steroid dienone is 1. The highest BCUT2D eigenvalue weighted by Crippen LogP contribution is 2.42. The molecule has 0 unspecified atom stereocenters. The molecule has 0 amide bonds. The molecule has 0 spiro atoms. The molecule has 2 aromatic carbocycles. The molecule has 1 saturated heterocycles. The van der Waals surface area contributed by atoms with Crippen molar-refractivity contribution in [3.05, 3.63) is 62.4 Å². The van der Waals surface area contributed by atoms with Crippen LogP contribution in [0.15, 0.2) is 41.3 Å². The molecule has 188 valence electrons. The number of hydrogen-bond donors (Lipinski definition) is 1. The summed E-state index contributed by atoms with van der Waals surface area (Å²) in [6.07, 6.45) is 2.53. The number of carbonyl (C=O) groups is 1. The van der Waals surface area contributed by atoms with Gasteiger partial charge in [0.15, 0.2) is 17.3 Å². The number of nitrogens with zero attached hydrogens (tertiary/aromatic N) is 2. The normalized spacial score (nSPS) is 16.4. The van der Waals surface area contributed by atoms with E-state index < -0.39 is 5.92 Å². The summed E-state index contributed by atoms with van der Waals surface area (Å²) >= 11 is 2.55. The molecular weight excluding hydrogens is 498 g/mol. The molecule has 2 heterocycles. The fourth-order valence-corrected chi connectivity index (χ4v) is 5.60. The number of thioether (sulfide) groups is 1. The van der Waals surface area contributed by atoms with Crippen molar-refractivity contribution >= 4 is 40.0 Å². The number of rotatable bonds is 10. The molecule has 4 rings (SSSR count). The van der Waals surface area contributed by atoms with E-state index in [0.717, 1.165) is 34.3 Å². The average molecular weight is 526 g/mol. The van der Waals surface area contributed by atoms with E-state index in [-0.39, 0.29) is 17.4 Å². The van der Waals surface area contributed by atoms with Gasteiger partial charge in [-0.05, 0) is 55.3 Å². The molecule has 1 aromatic heterocycles. The van der Waals surface area contributed by atoms with Gasteiger partial charge in [0.05, 0.1) is 30.8 Å². The Morgan fingerprint density at radius 2 is 1.81 bits per heavy atom. The summed E-state index contributed by atoms with van der Waals surface area (Å²) in [4.78, 5) is 13.6. The van der Waals surface area contributed by atoms with Crippen molar-refractivity contribution in [1.29, 1.82) is 5.41 Å². The molecule has 0 aliphatic carbocycles. The van der Waals surface area contributed by atoms with Crippen molar-refractivity contribution in [2.45, 2.75) is 32.8 Å². The lowest BCUT2D eigenvalue weighted by molar-refractivity contribution is -0.114. The smallest absolute Gasteiger partial charge is 0.186 e. The fourth-order valence-electron chi connectivity index (χ4n) is 3.64. The Morgan fingerprint density at radius 3 is 2.50 bits per heavy atom. The van der Waals surface area contributed by atoms with Crippen LogP contribution in [-0.2, 0) is 17.8 Å². The number of ketones is 1. The van der Waals surface area contributed by atoms with E-state index in [2.05, 4.69) is 10.2 Å². The Hall–Kier alpha value is -3.37. The zero-order valence-electron chi connectivity index (χ0n) is 20.5. The third-order valence-electron chi connectivity index (χ3n) is 5.46. The molecule has 3 aromatic rings. The lowest BCUT2D eigenvalue weighted by Crippen LogP contribution is -2.11. The molecule has 36 heavy (non-hydrogen) atoms. The van der Waals surface area contributed by atoms with Crippen molar-refractivity contribution in [3.63, 3.8) is 0 Å². The zero-order valence-corrected chi connectivity index (χ0v) is 22.1. The van der Waals surface area contributed by atoms with Crippen LogP contribution in [0, 0.1) is 5.41 Å². The summed E-state index contributed by atoms with van der Waals surface area (Å²) in [6.45, 7) is 4.60. The summed E-state index contributed by atoms with van der Waals surface area (Å²) in [7, 11) is 3.22. The maximum Gasteiger partial charge on any atom is 0.186 e. The third-order valence-corrected chi connectivity index (χ3v) is 7.58. The van der Waals surface area contributed by atoms with Crippen LogP contribution in [-0.4, -0.2) is 41.9 Å². The van der Waals surface area contributed by atoms with Crippen LogP contribution in [0.2, 0.25) is 0 Å². The number of carbonyl (C=O) groups excluding carboxylic acids is 1. The van der Waals surface area contributed by atoms with Crippen molar-refractivity contribution < 1.29 is 23.7 Å². The number of Topliss-reactive ketones (excluding diaryl/α,β-unsaturated/α-hetero) is 1. The molecule has 1 fully saturated rings. The Bertz CT molecular complexity index is 1300. The summed E-state index contributed by atoms with van der Waals surface area (Å²) < 4.78 is 22.6. The van der Waals surface area contributed by atoms with Gasteiger partial charge in [-0.3, -0.25) is 10.2 Å². The van der Waals surface area contributed by atoms with Crippen molar-refractivity contribution in [3.8, 4) is 23.0 Å². The molecule has 1 N–H and O–H groups in total. The molecule has 0 saturated carbocycles. The predicted molar refractivity (Wildman–Crippen MR) is 142 cm³/mol. The summed E-state index contributed by atoms with van der Waals surface area (Å²) in [5.74, 6) is 1.74.